The van der Waals surface area contributed by atoms with Crippen molar-refractivity contribution < 1.29 is 14.3 Å². The molecular formula is C22H25NO3. The molecular weight excluding hydrogens is 326 g/mol. The third-order valence-electron chi connectivity index (χ3n) is 4.84. The highest BCUT2D eigenvalue weighted by molar-refractivity contribution is 5.98. The number of hydrogen-bond donors (Lipinski definition) is 1. The van der Waals surface area contributed by atoms with Crippen molar-refractivity contribution in [3.8, 4) is 5.75 Å². The second-order valence-electron chi connectivity index (χ2n) is 6.94. The first-order valence-electron chi connectivity index (χ1n) is 9.10. The van der Waals surface area contributed by atoms with E-state index in [-0.39, 0.29) is 30.6 Å². The van der Waals surface area contributed by atoms with Gasteiger partial charge in [0.1, 0.15) is 5.75 Å². The van der Waals surface area contributed by atoms with Crippen LogP contribution < -0.4 is 10.1 Å². The lowest BCUT2D eigenvalue weighted by Gasteiger charge is -2.19. The molecule has 2 aromatic carbocycles. The van der Waals surface area contributed by atoms with Crippen molar-refractivity contribution in [3.05, 3.63) is 65.2 Å². The SMILES string of the molecule is COc1ccc(C(NC(=O)CCC(=O)c2ccc(C)cc2)C2CC2)cc1. The van der Waals surface area contributed by atoms with Crippen LogP contribution in [0.5, 0.6) is 5.75 Å². The van der Waals surface area contributed by atoms with E-state index in [1.807, 2.05) is 55.5 Å². The lowest BCUT2D eigenvalue weighted by Crippen LogP contribution is -2.30. The minimum atomic E-state index is -0.0711. The van der Waals surface area contributed by atoms with Gasteiger partial charge in [-0.3, -0.25) is 9.59 Å². The van der Waals surface area contributed by atoms with Gasteiger partial charge in [-0.15, -0.1) is 0 Å². The van der Waals surface area contributed by atoms with Gasteiger partial charge in [0, 0.05) is 18.4 Å². The summed E-state index contributed by atoms with van der Waals surface area (Å²) in [5.74, 6) is 1.23. The number of hydrogen-bond acceptors (Lipinski definition) is 3. The van der Waals surface area contributed by atoms with Gasteiger partial charge in [0.25, 0.3) is 0 Å². The quantitative estimate of drug-likeness (QED) is 0.724. The maximum Gasteiger partial charge on any atom is 0.220 e. The van der Waals surface area contributed by atoms with E-state index in [1.165, 1.54) is 0 Å². The highest BCUT2D eigenvalue weighted by Crippen LogP contribution is 2.41. The van der Waals surface area contributed by atoms with Crippen LogP contribution in [-0.4, -0.2) is 18.8 Å². The Morgan fingerprint density at radius 2 is 1.69 bits per heavy atom. The second kappa shape index (κ2) is 8.17. The molecule has 3 rings (SSSR count). The van der Waals surface area contributed by atoms with E-state index in [4.69, 9.17) is 4.74 Å². The molecule has 2 aromatic rings. The summed E-state index contributed by atoms with van der Waals surface area (Å²) in [6, 6.07) is 15.3. The number of benzene rings is 2. The van der Waals surface area contributed by atoms with Gasteiger partial charge in [-0.25, -0.2) is 0 Å². The van der Waals surface area contributed by atoms with Crippen molar-refractivity contribution in [2.24, 2.45) is 5.92 Å². The zero-order valence-corrected chi connectivity index (χ0v) is 15.3. The largest absolute Gasteiger partial charge is 0.497 e. The zero-order valence-electron chi connectivity index (χ0n) is 15.3. The first-order chi connectivity index (χ1) is 12.6. The van der Waals surface area contributed by atoms with Crippen molar-refractivity contribution in [1.82, 2.24) is 5.32 Å². The smallest absolute Gasteiger partial charge is 0.220 e. The normalized spacial score (nSPS) is 14.5. The van der Waals surface area contributed by atoms with Crippen LogP contribution in [0.1, 0.15) is 53.2 Å². The molecule has 0 bridgehead atoms. The molecule has 4 heteroatoms. The van der Waals surface area contributed by atoms with Crippen LogP contribution in [0.25, 0.3) is 0 Å². The summed E-state index contributed by atoms with van der Waals surface area (Å²) in [5, 5.41) is 3.12. The Hall–Kier alpha value is -2.62. The Bertz CT molecular complexity index is 761. The number of amides is 1. The fraction of sp³-hybridized carbons (Fsp3) is 0.364. The average Bonchev–Trinajstić information content (AvgIpc) is 3.50. The molecule has 0 aromatic heterocycles. The van der Waals surface area contributed by atoms with Gasteiger partial charge in [-0.1, -0.05) is 42.0 Å². The number of ether oxygens (including phenoxy) is 1. The highest BCUT2D eigenvalue weighted by Gasteiger charge is 2.33. The monoisotopic (exact) mass is 351 g/mol. The Balaban J connectivity index is 1.56. The van der Waals surface area contributed by atoms with Crippen molar-refractivity contribution in [2.45, 2.75) is 38.6 Å². The van der Waals surface area contributed by atoms with Crippen LogP contribution in [0.4, 0.5) is 0 Å². The predicted octanol–water partition coefficient (Wildman–Crippen LogP) is 4.23. The zero-order chi connectivity index (χ0) is 18.5. The van der Waals surface area contributed by atoms with Crippen molar-refractivity contribution in [3.63, 3.8) is 0 Å². The summed E-state index contributed by atoms with van der Waals surface area (Å²) in [7, 11) is 1.64. The number of Topliss-reactive ketones (excluding diaryl/α,β-unsaturated/α-hetero) is 1. The highest BCUT2D eigenvalue weighted by atomic mass is 16.5. The summed E-state index contributed by atoms with van der Waals surface area (Å²) in [5.41, 5.74) is 2.87. The molecule has 1 unspecified atom stereocenters. The molecule has 4 nitrogen and oxygen atoms in total. The molecule has 0 radical (unpaired) electrons. The van der Waals surface area contributed by atoms with Gasteiger partial charge in [0.2, 0.25) is 5.91 Å². The first kappa shape index (κ1) is 18.2. The fourth-order valence-electron chi connectivity index (χ4n) is 3.07. The van der Waals surface area contributed by atoms with Crippen molar-refractivity contribution in [2.75, 3.05) is 7.11 Å². The van der Waals surface area contributed by atoms with Crippen LogP contribution in [0, 0.1) is 12.8 Å². The van der Waals surface area contributed by atoms with E-state index in [2.05, 4.69) is 5.32 Å². The Morgan fingerprint density at radius 3 is 2.27 bits per heavy atom. The Kier molecular flexibility index (Phi) is 5.71. The average molecular weight is 351 g/mol. The molecule has 0 spiro atoms. The van der Waals surface area contributed by atoms with Gasteiger partial charge in [-0.2, -0.15) is 0 Å². The molecule has 1 atom stereocenters. The third-order valence-corrected chi connectivity index (χ3v) is 4.84. The van der Waals surface area contributed by atoms with Crippen LogP contribution >= 0.6 is 0 Å². The van der Waals surface area contributed by atoms with E-state index in [9.17, 15) is 9.59 Å². The molecule has 1 aliphatic rings. The Morgan fingerprint density at radius 1 is 1.04 bits per heavy atom. The van der Waals surface area contributed by atoms with Crippen molar-refractivity contribution >= 4 is 11.7 Å². The van der Waals surface area contributed by atoms with Gasteiger partial charge >= 0.3 is 0 Å². The maximum absolute atomic E-state index is 12.4. The van der Waals surface area contributed by atoms with E-state index in [1.54, 1.807) is 7.11 Å². The molecule has 0 aliphatic heterocycles. The van der Waals surface area contributed by atoms with Gasteiger partial charge in [0.15, 0.2) is 5.78 Å². The number of carbonyl (C=O) groups is 2. The van der Waals surface area contributed by atoms with Gasteiger partial charge < -0.3 is 10.1 Å². The van der Waals surface area contributed by atoms with Gasteiger partial charge in [0.05, 0.1) is 13.2 Å². The molecule has 136 valence electrons. The summed E-state index contributed by atoms with van der Waals surface area (Å²) in [6.45, 7) is 1.99. The lowest BCUT2D eigenvalue weighted by atomic mass is 10.0. The summed E-state index contributed by atoms with van der Waals surface area (Å²) < 4.78 is 5.20. The molecule has 1 aliphatic carbocycles. The lowest BCUT2D eigenvalue weighted by molar-refractivity contribution is -0.122. The summed E-state index contributed by atoms with van der Waals surface area (Å²) in [6.07, 6.45) is 2.69. The molecule has 0 saturated heterocycles. The molecule has 1 saturated carbocycles. The van der Waals surface area contributed by atoms with E-state index < -0.39 is 0 Å². The number of aryl methyl sites for hydroxylation is 1. The predicted molar refractivity (Wildman–Crippen MR) is 101 cm³/mol. The van der Waals surface area contributed by atoms with E-state index >= 15 is 0 Å². The third kappa shape index (κ3) is 4.72. The van der Waals surface area contributed by atoms with Crippen molar-refractivity contribution in [1.29, 1.82) is 0 Å². The standard InChI is InChI=1S/C22H25NO3/c1-15-3-5-16(6-4-15)20(24)13-14-21(25)23-22(17-7-8-17)18-9-11-19(26-2)12-10-18/h3-6,9-12,17,22H,7-8,13-14H2,1-2H3,(H,23,25). The van der Waals surface area contributed by atoms with E-state index in [0.29, 0.717) is 11.5 Å². The van der Waals surface area contributed by atoms with Crippen LogP contribution in [0.2, 0.25) is 0 Å². The van der Waals surface area contributed by atoms with E-state index in [0.717, 1.165) is 29.7 Å². The topological polar surface area (TPSA) is 55.4 Å². The second-order valence-corrected chi connectivity index (χ2v) is 6.94. The number of carbonyl (C=O) groups excluding carboxylic acids is 2. The summed E-state index contributed by atoms with van der Waals surface area (Å²) in [4.78, 5) is 24.6. The van der Waals surface area contributed by atoms with Crippen LogP contribution in [0.15, 0.2) is 48.5 Å². The van der Waals surface area contributed by atoms with Crippen LogP contribution in [0.3, 0.4) is 0 Å². The maximum atomic E-state index is 12.4. The minimum absolute atomic E-state index is 0.00701. The number of nitrogens with one attached hydrogen (secondary N) is 1. The van der Waals surface area contributed by atoms with Crippen LogP contribution in [-0.2, 0) is 4.79 Å². The molecule has 26 heavy (non-hydrogen) atoms. The molecule has 1 fully saturated rings. The number of methoxy groups -OCH3 is 1. The molecule has 0 heterocycles. The van der Waals surface area contributed by atoms with Gasteiger partial charge in [-0.05, 0) is 43.4 Å². The molecule has 1 amide bonds. The fourth-order valence-corrected chi connectivity index (χ4v) is 3.07. The summed E-state index contributed by atoms with van der Waals surface area (Å²) >= 11 is 0. The number of ketones is 1. The first-order valence-corrected chi connectivity index (χ1v) is 9.10. The minimum Gasteiger partial charge on any atom is -0.497 e. The molecule has 1 N–H and O–H groups in total. The number of rotatable bonds is 8. The Labute approximate surface area is 154 Å².